The molecule has 0 aliphatic carbocycles. The summed E-state index contributed by atoms with van der Waals surface area (Å²) in [6.07, 6.45) is 3.38. The summed E-state index contributed by atoms with van der Waals surface area (Å²) in [5.41, 5.74) is 4.14. The molecule has 5 rings (SSSR count). The molecule has 0 saturated carbocycles. The van der Waals surface area contributed by atoms with Crippen LogP contribution in [0, 0.1) is 0 Å². The summed E-state index contributed by atoms with van der Waals surface area (Å²) in [5.74, 6) is 0.814. The van der Waals surface area contributed by atoms with Crippen molar-refractivity contribution in [1.82, 2.24) is 14.9 Å². The van der Waals surface area contributed by atoms with E-state index < -0.39 is 0 Å². The fourth-order valence-corrected chi connectivity index (χ4v) is 4.38. The molecule has 0 bridgehead atoms. The van der Waals surface area contributed by atoms with Crippen molar-refractivity contribution in [2.45, 2.75) is 13.0 Å². The van der Waals surface area contributed by atoms with E-state index in [1.807, 2.05) is 67.7 Å². The van der Waals surface area contributed by atoms with Crippen molar-refractivity contribution >= 4 is 22.5 Å². The Morgan fingerprint density at radius 3 is 2.76 bits per heavy atom. The predicted molar refractivity (Wildman–Crippen MR) is 131 cm³/mol. The van der Waals surface area contributed by atoms with Gasteiger partial charge in [0.15, 0.2) is 0 Å². The number of anilines is 1. The number of nitrogens with zero attached hydrogens (tertiary/aromatic N) is 4. The Balaban J connectivity index is 1.44. The van der Waals surface area contributed by atoms with Crippen LogP contribution in [0.4, 0.5) is 5.69 Å². The molecule has 6 heteroatoms. The Morgan fingerprint density at radius 1 is 1.12 bits per heavy atom. The van der Waals surface area contributed by atoms with Gasteiger partial charge in [-0.05, 0) is 43.3 Å². The van der Waals surface area contributed by atoms with Gasteiger partial charge in [-0.3, -0.25) is 9.78 Å². The van der Waals surface area contributed by atoms with Crippen molar-refractivity contribution in [3.8, 4) is 17.0 Å². The summed E-state index contributed by atoms with van der Waals surface area (Å²) in [6.45, 7) is 4.25. The fourth-order valence-electron chi connectivity index (χ4n) is 4.38. The van der Waals surface area contributed by atoms with Crippen molar-refractivity contribution in [1.29, 1.82) is 0 Å². The van der Waals surface area contributed by atoms with Gasteiger partial charge in [0.2, 0.25) is 0 Å². The molecule has 4 aromatic rings. The Bertz CT molecular complexity index is 1290. The number of amides is 1. The second kappa shape index (κ2) is 8.90. The van der Waals surface area contributed by atoms with Gasteiger partial charge in [0.1, 0.15) is 11.9 Å². The number of carbonyl (C=O) groups excluding carboxylic acids is 1. The number of fused-ring (bicyclic) bond motifs is 2. The number of carbonyl (C=O) groups is 1. The average Bonchev–Trinajstić information content (AvgIpc) is 2.87. The minimum absolute atomic E-state index is 0.0516. The van der Waals surface area contributed by atoms with Crippen LogP contribution in [0.15, 0.2) is 79.1 Å². The van der Waals surface area contributed by atoms with E-state index in [0.717, 1.165) is 46.7 Å². The first-order chi connectivity index (χ1) is 16.1. The number of hydrogen-bond donors (Lipinski definition) is 0. The fraction of sp³-hybridized carbons (Fsp3) is 0.222. The van der Waals surface area contributed by atoms with Crippen LogP contribution in [-0.4, -0.2) is 53.6 Å². The zero-order valence-electron chi connectivity index (χ0n) is 18.8. The van der Waals surface area contributed by atoms with E-state index in [-0.39, 0.29) is 12.0 Å². The molecular weight excluding hydrogens is 412 g/mol. The Labute approximate surface area is 193 Å². The number of hydrogen-bond acceptors (Lipinski definition) is 5. The topological polar surface area (TPSA) is 58.6 Å². The highest BCUT2D eigenvalue weighted by Gasteiger charge is 2.27. The molecule has 0 N–H and O–H groups in total. The molecule has 1 atom stereocenters. The molecule has 1 aliphatic rings. The Morgan fingerprint density at radius 2 is 1.94 bits per heavy atom. The van der Waals surface area contributed by atoms with Gasteiger partial charge in [-0.2, -0.15) is 0 Å². The third kappa shape index (κ3) is 4.12. The smallest absolute Gasteiger partial charge is 0.254 e. The molecule has 0 saturated heterocycles. The average molecular weight is 439 g/mol. The summed E-state index contributed by atoms with van der Waals surface area (Å²) in [6, 6.07) is 21.5. The first-order valence-corrected chi connectivity index (χ1v) is 11.2. The van der Waals surface area contributed by atoms with Gasteiger partial charge < -0.3 is 14.5 Å². The van der Waals surface area contributed by atoms with Gasteiger partial charge >= 0.3 is 0 Å². The maximum absolute atomic E-state index is 13.6. The molecule has 0 radical (unpaired) electrons. The molecule has 3 heterocycles. The van der Waals surface area contributed by atoms with E-state index in [9.17, 15) is 4.79 Å². The number of rotatable bonds is 5. The molecule has 6 nitrogen and oxygen atoms in total. The number of likely N-dealkylation sites (N-methyl/N-ethyl adjacent to an activating group) is 2. The molecular formula is C27H26N4O2. The van der Waals surface area contributed by atoms with Crippen molar-refractivity contribution in [2.24, 2.45) is 0 Å². The number of aromatic nitrogens is 2. The summed E-state index contributed by atoms with van der Waals surface area (Å²) >= 11 is 0. The van der Waals surface area contributed by atoms with Crippen molar-refractivity contribution in [2.75, 3.05) is 31.6 Å². The zero-order chi connectivity index (χ0) is 22.8. The van der Waals surface area contributed by atoms with Crippen molar-refractivity contribution in [3.63, 3.8) is 0 Å². The van der Waals surface area contributed by atoms with Crippen LogP contribution in [0.2, 0.25) is 0 Å². The molecule has 2 aromatic heterocycles. The Hall–Kier alpha value is -3.93. The normalized spacial score (nSPS) is 15.1. The van der Waals surface area contributed by atoms with Gasteiger partial charge in [0.25, 0.3) is 5.91 Å². The van der Waals surface area contributed by atoms with Gasteiger partial charge in [0.05, 0.1) is 35.6 Å². The van der Waals surface area contributed by atoms with Gasteiger partial charge in [-0.1, -0.05) is 30.3 Å². The molecule has 166 valence electrons. The van der Waals surface area contributed by atoms with Crippen LogP contribution in [0.3, 0.4) is 0 Å². The molecule has 0 unspecified atom stereocenters. The minimum Gasteiger partial charge on any atom is -0.485 e. The first kappa shape index (κ1) is 20.9. The van der Waals surface area contributed by atoms with Crippen LogP contribution in [0.1, 0.15) is 17.3 Å². The lowest BCUT2D eigenvalue weighted by atomic mass is 10.0. The van der Waals surface area contributed by atoms with E-state index in [4.69, 9.17) is 9.72 Å². The largest absolute Gasteiger partial charge is 0.485 e. The van der Waals surface area contributed by atoms with Gasteiger partial charge in [-0.15, -0.1) is 0 Å². The quantitative estimate of drug-likeness (QED) is 0.454. The van der Waals surface area contributed by atoms with Crippen LogP contribution < -0.4 is 9.64 Å². The lowest BCUT2D eigenvalue weighted by Crippen LogP contribution is -2.46. The third-order valence-corrected chi connectivity index (χ3v) is 6.03. The standard InChI is InChI=1S/C27H26N4O2/c1-3-31-18-20(33-26-13-7-6-12-25(26)31)17-30(2)27(32)22-15-24(19-9-8-14-28-16-19)29-23-11-5-4-10-21(22)23/h4-16,20H,3,17-18H2,1-2H3/t20-/m0/s1. The number of pyridine rings is 2. The molecule has 0 spiro atoms. The van der Waals surface area contributed by atoms with Gasteiger partial charge in [0, 0.05) is 36.9 Å². The molecule has 33 heavy (non-hydrogen) atoms. The molecule has 1 amide bonds. The van der Waals surface area contributed by atoms with Crippen LogP contribution >= 0.6 is 0 Å². The monoisotopic (exact) mass is 438 g/mol. The highest BCUT2D eigenvalue weighted by atomic mass is 16.5. The number of benzene rings is 2. The van der Waals surface area contributed by atoms with Crippen LogP contribution in [0.5, 0.6) is 5.75 Å². The molecule has 2 aromatic carbocycles. The van der Waals surface area contributed by atoms with E-state index in [2.05, 4.69) is 22.9 Å². The summed E-state index contributed by atoms with van der Waals surface area (Å²) < 4.78 is 6.25. The molecule has 0 fully saturated rings. The highest BCUT2D eigenvalue weighted by molar-refractivity contribution is 6.07. The Kier molecular flexibility index (Phi) is 5.65. The lowest BCUT2D eigenvalue weighted by Gasteiger charge is -2.37. The summed E-state index contributed by atoms with van der Waals surface area (Å²) in [5, 5.41) is 0.840. The van der Waals surface area contributed by atoms with E-state index >= 15 is 0 Å². The second-order valence-corrected chi connectivity index (χ2v) is 8.25. The molecule has 1 aliphatic heterocycles. The minimum atomic E-state index is -0.111. The van der Waals surface area contributed by atoms with E-state index in [1.54, 1.807) is 17.3 Å². The van der Waals surface area contributed by atoms with E-state index in [1.165, 1.54) is 0 Å². The third-order valence-electron chi connectivity index (χ3n) is 6.03. The number of para-hydroxylation sites is 3. The summed E-state index contributed by atoms with van der Waals surface area (Å²) in [7, 11) is 1.83. The highest BCUT2D eigenvalue weighted by Crippen LogP contribution is 2.33. The second-order valence-electron chi connectivity index (χ2n) is 8.25. The lowest BCUT2D eigenvalue weighted by molar-refractivity contribution is 0.0711. The zero-order valence-corrected chi connectivity index (χ0v) is 18.8. The maximum atomic E-state index is 13.6. The predicted octanol–water partition coefficient (Wildman–Crippen LogP) is 4.66. The van der Waals surface area contributed by atoms with Crippen LogP contribution in [-0.2, 0) is 0 Å². The van der Waals surface area contributed by atoms with Crippen molar-refractivity contribution < 1.29 is 9.53 Å². The number of ether oxygens (including phenoxy) is 1. The first-order valence-electron chi connectivity index (χ1n) is 11.2. The van der Waals surface area contributed by atoms with Crippen molar-refractivity contribution in [3.05, 3.63) is 84.7 Å². The summed E-state index contributed by atoms with van der Waals surface area (Å²) in [4.78, 5) is 26.6. The van der Waals surface area contributed by atoms with Gasteiger partial charge in [-0.25, -0.2) is 4.98 Å². The van der Waals surface area contributed by atoms with E-state index in [0.29, 0.717) is 12.1 Å². The maximum Gasteiger partial charge on any atom is 0.254 e. The SMILES string of the molecule is CCN1C[C@H](CN(C)C(=O)c2cc(-c3cccnc3)nc3ccccc23)Oc2ccccc21. The van der Waals surface area contributed by atoms with Crippen LogP contribution in [0.25, 0.3) is 22.2 Å².